The Balaban J connectivity index is 2.47. The molecule has 0 saturated heterocycles. The average molecular weight is 258 g/mol. The van der Waals surface area contributed by atoms with E-state index >= 15 is 0 Å². The maximum Gasteiger partial charge on any atom is 0.137 e. The predicted octanol–water partition coefficient (Wildman–Crippen LogP) is 3.86. The van der Waals surface area contributed by atoms with Crippen LogP contribution in [0.3, 0.4) is 0 Å². The lowest BCUT2D eigenvalue weighted by Gasteiger charge is -2.08. The molecule has 0 aliphatic carbocycles. The summed E-state index contributed by atoms with van der Waals surface area (Å²) in [6.07, 6.45) is 0. The molecule has 0 N–H and O–H groups in total. The van der Waals surface area contributed by atoms with Crippen LogP contribution in [0, 0.1) is 31.0 Å². The van der Waals surface area contributed by atoms with E-state index in [4.69, 9.17) is 5.26 Å². The zero-order valence-corrected chi connectivity index (χ0v) is 10.9. The molecule has 2 aromatic rings. The van der Waals surface area contributed by atoms with Crippen LogP contribution >= 0.6 is 11.8 Å². The van der Waals surface area contributed by atoms with E-state index in [-0.39, 0.29) is 5.82 Å². The van der Waals surface area contributed by atoms with E-state index in [1.165, 1.54) is 17.8 Å². The standard InChI is InChI=1S/C14H11FN2S/c1-9-7-14(11(8-16)10(2)17-9)18-13-6-4-3-5-12(13)15/h3-7H,1-2H3. The summed E-state index contributed by atoms with van der Waals surface area (Å²) in [6.45, 7) is 3.65. The first kappa shape index (κ1) is 12.6. The summed E-state index contributed by atoms with van der Waals surface area (Å²) in [5.41, 5.74) is 2.01. The molecule has 0 saturated carbocycles. The van der Waals surface area contributed by atoms with Gasteiger partial charge >= 0.3 is 0 Å². The summed E-state index contributed by atoms with van der Waals surface area (Å²) in [7, 11) is 0. The Labute approximate surface area is 109 Å². The molecule has 0 amide bonds. The van der Waals surface area contributed by atoms with E-state index < -0.39 is 0 Å². The van der Waals surface area contributed by atoms with Crippen LogP contribution < -0.4 is 0 Å². The number of hydrogen-bond donors (Lipinski definition) is 0. The van der Waals surface area contributed by atoms with Crippen molar-refractivity contribution in [1.82, 2.24) is 4.98 Å². The fourth-order valence-corrected chi connectivity index (χ4v) is 2.73. The van der Waals surface area contributed by atoms with Gasteiger partial charge in [-0.2, -0.15) is 5.26 Å². The van der Waals surface area contributed by atoms with Crippen molar-refractivity contribution >= 4 is 11.8 Å². The number of nitriles is 1. The Kier molecular flexibility index (Phi) is 3.63. The number of aromatic nitrogens is 1. The van der Waals surface area contributed by atoms with Crippen LogP contribution in [0.15, 0.2) is 40.1 Å². The third kappa shape index (κ3) is 2.52. The third-order valence-corrected chi connectivity index (χ3v) is 3.55. The molecule has 0 bridgehead atoms. The van der Waals surface area contributed by atoms with Gasteiger partial charge in [0.05, 0.1) is 11.3 Å². The Bertz CT molecular complexity index is 632. The second-order valence-corrected chi connectivity index (χ2v) is 4.95. The molecule has 1 aromatic carbocycles. The van der Waals surface area contributed by atoms with Gasteiger partial charge in [-0.25, -0.2) is 4.39 Å². The number of benzene rings is 1. The predicted molar refractivity (Wildman–Crippen MR) is 68.9 cm³/mol. The molecule has 0 aliphatic heterocycles. The van der Waals surface area contributed by atoms with Crippen molar-refractivity contribution in [2.24, 2.45) is 0 Å². The first-order chi connectivity index (χ1) is 8.61. The molecular formula is C14H11FN2S. The zero-order chi connectivity index (χ0) is 13.1. The van der Waals surface area contributed by atoms with Gasteiger partial charge in [-0.15, -0.1) is 0 Å². The fraction of sp³-hybridized carbons (Fsp3) is 0.143. The minimum Gasteiger partial charge on any atom is -0.257 e. The highest BCUT2D eigenvalue weighted by molar-refractivity contribution is 7.99. The van der Waals surface area contributed by atoms with Crippen LogP contribution in [0.25, 0.3) is 0 Å². The average Bonchev–Trinajstić information content (AvgIpc) is 2.31. The number of nitrogens with zero attached hydrogens (tertiary/aromatic N) is 2. The van der Waals surface area contributed by atoms with E-state index in [1.54, 1.807) is 25.1 Å². The lowest BCUT2D eigenvalue weighted by atomic mass is 10.2. The minimum absolute atomic E-state index is 0.279. The van der Waals surface area contributed by atoms with Gasteiger partial charge in [0.2, 0.25) is 0 Å². The van der Waals surface area contributed by atoms with Crippen LogP contribution in [0.2, 0.25) is 0 Å². The molecule has 90 valence electrons. The van der Waals surface area contributed by atoms with Crippen LogP contribution in [-0.2, 0) is 0 Å². The van der Waals surface area contributed by atoms with Gasteiger partial charge < -0.3 is 0 Å². The summed E-state index contributed by atoms with van der Waals surface area (Å²) < 4.78 is 13.6. The highest BCUT2D eigenvalue weighted by Gasteiger charge is 2.11. The van der Waals surface area contributed by atoms with Crippen molar-refractivity contribution in [2.75, 3.05) is 0 Å². The van der Waals surface area contributed by atoms with Crippen molar-refractivity contribution in [3.05, 3.63) is 53.1 Å². The lowest BCUT2D eigenvalue weighted by molar-refractivity contribution is 0.602. The van der Waals surface area contributed by atoms with Gasteiger partial charge in [0, 0.05) is 15.5 Å². The smallest absolute Gasteiger partial charge is 0.137 e. The third-order valence-electron chi connectivity index (χ3n) is 2.46. The lowest BCUT2D eigenvalue weighted by Crippen LogP contribution is -1.94. The Morgan fingerprint density at radius 1 is 1.22 bits per heavy atom. The number of aryl methyl sites for hydroxylation is 2. The van der Waals surface area contributed by atoms with E-state index in [9.17, 15) is 4.39 Å². The molecule has 2 rings (SSSR count). The van der Waals surface area contributed by atoms with Crippen molar-refractivity contribution < 1.29 is 4.39 Å². The van der Waals surface area contributed by atoms with E-state index in [1.807, 2.05) is 13.0 Å². The van der Waals surface area contributed by atoms with E-state index in [2.05, 4.69) is 11.1 Å². The molecule has 1 aromatic heterocycles. The topological polar surface area (TPSA) is 36.7 Å². The second-order valence-electron chi connectivity index (χ2n) is 3.87. The largest absolute Gasteiger partial charge is 0.257 e. The van der Waals surface area contributed by atoms with Crippen LogP contribution in [-0.4, -0.2) is 4.98 Å². The summed E-state index contributed by atoms with van der Waals surface area (Å²) in [5, 5.41) is 9.14. The molecule has 0 unspecified atom stereocenters. The van der Waals surface area contributed by atoms with Crippen molar-refractivity contribution in [3.63, 3.8) is 0 Å². The maximum atomic E-state index is 13.6. The molecular weight excluding hydrogens is 247 g/mol. The molecule has 4 heteroatoms. The summed E-state index contributed by atoms with van der Waals surface area (Å²) in [6, 6.07) is 10.5. The molecule has 0 atom stereocenters. The van der Waals surface area contributed by atoms with Gasteiger partial charge in [0.1, 0.15) is 11.9 Å². The van der Waals surface area contributed by atoms with E-state index in [0.717, 1.165) is 10.6 Å². The number of hydrogen-bond acceptors (Lipinski definition) is 3. The van der Waals surface area contributed by atoms with E-state index in [0.29, 0.717) is 16.2 Å². The van der Waals surface area contributed by atoms with Crippen LogP contribution in [0.5, 0.6) is 0 Å². The summed E-state index contributed by atoms with van der Waals surface area (Å²) in [5.74, 6) is -0.279. The van der Waals surface area contributed by atoms with Gasteiger partial charge in [0.15, 0.2) is 0 Å². The first-order valence-electron chi connectivity index (χ1n) is 5.42. The Morgan fingerprint density at radius 2 is 1.94 bits per heavy atom. The Morgan fingerprint density at radius 3 is 2.61 bits per heavy atom. The fourth-order valence-electron chi connectivity index (χ4n) is 1.66. The van der Waals surface area contributed by atoms with Gasteiger partial charge in [-0.3, -0.25) is 4.98 Å². The number of halogens is 1. The highest BCUT2D eigenvalue weighted by atomic mass is 32.2. The van der Waals surface area contributed by atoms with Crippen molar-refractivity contribution in [2.45, 2.75) is 23.6 Å². The maximum absolute atomic E-state index is 13.6. The first-order valence-corrected chi connectivity index (χ1v) is 6.24. The van der Waals surface area contributed by atoms with Gasteiger partial charge in [-0.1, -0.05) is 23.9 Å². The van der Waals surface area contributed by atoms with Crippen molar-refractivity contribution in [3.8, 4) is 6.07 Å². The molecule has 0 fully saturated rings. The molecule has 1 heterocycles. The van der Waals surface area contributed by atoms with Crippen molar-refractivity contribution in [1.29, 1.82) is 5.26 Å². The highest BCUT2D eigenvalue weighted by Crippen LogP contribution is 2.33. The summed E-state index contributed by atoms with van der Waals surface area (Å²) >= 11 is 1.26. The molecule has 0 aliphatic rings. The second kappa shape index (κ2) is 5.19. The molecule has 0 spiro atoms. The SMILES string of the molecule is Cc1cc(Sc2ccccc2F)c(C#N)c(C)n1. The molecule has 18 heavy (non-hydrogen) atoms. The monoisotopic (exact) mass is 258 g/mol. The van der Waals surface area contributed by atoms with Crippen LogP contribution in [0.4, 0.5) is 4.39 Å². The number of rotatable bonds is 2. The Hall–Kier alpha value is -1.86. The summed E-state index contributed by atoms with van der Waals surface area (Å²) in [4.78, 5) is 5.50. The minimum atomic E-state index is -0.279. The molecule has 0 radical (unpaired) electrons. The zero-order valence-electron chi connectivity index (χ0n) is 10.1. The van der Waals surface area contributed by atoms with Gasteiger partial charge in [-0.05, 0) is 32.0 Å². The quantitative estimate of drug-likeness (QED) is 0.820. The van der Waals surface area contributed by atoms with Crippen LogP contribution in [0.1, 0.15) is 17.0 Å². The van der Waals surface area contributed by atoms with Gasteiger partial charge in [0.25, 0.3) is 0 Å². The number of pyridine rings is 1. The normalized spacial score (nSPS) is 10.1. The molecule has 2 nitrogen and oxygen atoms in total.